The number of nitrogens with one attached hydrogen (secondary N) is 1. The van der Waals surface area contributed by atoms with Gasteiger partial charge in [-0.05, 0) is 30.7 Å². The van der Waals surface area contributed by atoms with Gasteiger partial charge < -0.3 is 10.4 Å². The molecule has 1 atom stereocenters. The van der Waals surface area contributed by atoms with Crippen molar-refractivity contribution in [3.63, 3.8) is 0 Å². The van der Waals surface area contributed by atoms with Crippen LogP contribution in [0, 0.1) is 0 Å². The lowest BCUT2D eigenvalue weighted by atomic mass is 10.0. The van der Waals surface area contributed by atoms with Crippen LogP contribution in [-0.4, -0.2) is 23.0 Å². The summed E-state index contributed by atoms with van der Waals surface area (Å²) in [6.07, 6.45) is -10.8. The number of carboxylic acid groups (broad SMARTS) is 1. The third-order valence-corrected chi connectivity index (χ3v) is 2.76. The van der Waals surface area contributed by atoms with Crippen LogP contribution in [0.1, 0.15) is 23.6 Å². The molecule has 0 aliphatic carbocycles. The van der Waals surface area contributed by atoms with Crippen molar-refractivity contribution in [2.45, 2.75) is 31.7 Å². The summed E-state index contributed by atoms with van der Waals surface area (Å²) in [6, 6.07) is -0.544. The van der Waals surface area contributed by atoms with Crippen molar-refractivity contribution < 1.29 is 41.0 Å². The SMILES string of the molecule is C[C@H](NC(=O)Cc1cc(C(F)(F)F)cc(C(F)(F)F)c1)C(=O)O. The number of halogens is 6. The van der Waals surface area contributed by atoms with Gasteiger partial charge in [0.15, 0.2) is 0 Å². The van der Waals surface area contributed by atoms with Crippen molar-refractivity contribution >= 4 is 11.9 Å². The summed E-state index contributed by atoms with van der Waals surface area (Å²) in [5.74, 6) is -2.40. The number of hydrogen-bond acceptors (Lipinski definition) is 2. The Morgan fingerprint density at radius 1 is 1.04 bits per heavy atom. The molecule has 0 aromatic heterocycles. The summed E-state index contributed by atoms with van der Waals surface area (Å²) in [5.41, 5.74) is -3.61. The van der Waals surface area contributed by atoms with Gasteiger partial charge in [-0.3, -0.25) is 9.59 Å². The predicted octanol–water partition coefficient (Wildman–Crippen LogP) is 2.86. The van der Waals surface area contributed by atoms with Crippen LogP contribution in [0.3, 0.4) is 0 Å². The number of carboxylic acids is 1. The molecule has 4 nitrogen and oxygen atoms in total. The summed E-state index contributed by atoms with van der Waals surface area (Å²) in [4.78, 5) is 22.1. The number of carbonyl (C=O) groups excluding carboxylic acids is 1. The Morgan fingerprint density at radius 3 is 1.83 bits per heavy atom. The van der Waals surface area contributed by atoms with Gasteiger partial charge in [0, 0.05) is 0 Å². The number of amides is 1. The molecular formula is C13H11F6NO3. The zero-order valence-corrected chi connectivity index (χ0v) is 11.5. The van der Waals surface area contributed by atoms with Crippen molar-refractivity contribution in [1.82, 2.24) is 5.32 Å². The van der Waals surface area contributed by atoms with Crippen molar-refractivity contribution in [2.24, 2.45) is 0 Å². The second-order valence-electron chi connectivity index (χ2n) is 4.72. The molecule has 1 amide bonds. The molecule has 0 unspecified atom stereocenters. The number of benzene rings is 1. The van der Waals surface area contributed by atoms with Crippen LogP contribution < -0.4 is 5.32 Å². The molecule has 0 aliphatic heterocycles. The molecule has 23 heavy (non-hydrogen) atoms. The maximum absolute atomic E-state index is 12.6. The Labute approximate surface area is 126 Å². The van der Waals surface area contributed by atoms with Gasteiger partial charge in [-0.2, -0.15) is 26.3 Å². The fourth-order valence-corrected chi connectivity index (χ4v) is 1.66. The van der Waals surface area contributed by atoms with Crippen molar-refractivity contribution in [1.29, 1.82) is 0 Å². The molecular weight excluding hydrogens is 332 g/mol. The van der Waals surface area contributed by atoms with E-state index in [9.17, 15) is 35.9 Å². The number of alkyl halides is 6. The Kier molecular flexibility index (Phi) is 5.28. The molecule has 0 bridgehead atoms. The topological polar surface area (TPSA) is 66.4 Å². The van der Waals surface area contributed by atoms with Gasteiger partial charge in [0.2, 0.25) is 5.91 Å². The zero-order valence-electron chi connectivity index (χ0n) is 11.5. The monoisotopic (exact) mass is 343 g/mol. The van der Waals surface area contributed by atoms with Gasteiger partial charge in [0.05, 0.1) is 17.5 Å². The molecule has 0 radical (unpaired) electrons. The van der Waals surface area contributed by atoms with Gasteiger partial charge >= 0.3 is 18.3 Å². The summed E-state index contributed by atoms with van der Waals surface area (Å²) in [5, 5.41) is 10.5. The van der Waals surface area contributed by atoms with E-state index in [4.69, 9.17) is 5.11 Å². The Morgan fingerprint density at radius 2 is 1.48 bits per heavy atom. The Hall–Kier alpha value is -2.26. The van der Waals surface area contributed by atoms with E-state index in [1.165, 1.54) is 0 Å². The van der Waals surface area contributed by atoms with Crippen LogP contribution in [0.5, 0.6) is 0 Å². The van der Waals surface area contributed by atoms with Crippen LogP contribution in [0.4, 0.5) is 26.3 Å². The lowest BCUT2D eigenvalue weighted by Crippen LogP contribution is -2.39. The molecule has 1 rings (SSSR count). The third kappa shape index (κ3) is 5.46. The van der Waals surface area contributed by atoms with E-state index in [1.807, 2.05) is 5.32 Å². The quantitative estimate of drug-likeness (QED) is 0.826. The molecule has 1 aromatic rings. The fourth-order valence-electron chi connectivity index (χ4n) is 1.66. The van der Waals surface area contributed by atoms with Crippen molar-refractivity contribution in [3.05, 3.63) is 34.9 Å². The van der Waals surface area contributed by atoms with Gasteiger partial charge in [0.1, 0.15) is 6.04 Å². The summed E-state index contributed by atoms with van der Waals surface area (Å²) in [6.45, 7) is 1.10. The molecule has 128 valence electrons. The summed E-state index contributed by atoms with van der Waals surface area (Å²) in [7, 11) is 0. The van der Waals surface area contributed by atoms with Gasteiger partial charge in [0.25, 0.3) is 0 Å². The number of rotatable bonds is 4. The van der Waals surface area contributed by atoms with E-state index in [2.05, 4.69) is 0 Å². The average molecular weight is 343 g/mol. The first-order chi connectivity index (χ1) is 10.3. The van der Waals surface area contributed by atoms with Gasteiger partial charge in [-0.1, -0.05) is 0 Å². The van der Waals surface area contributed by atoms with Gasteiger partial charge in [-0.25, -0.2) is 0 Å². The second kappa shape index (κ2) is 6.47. The molecule has 0 aliphatic rings. The molecule has 1 aromatic carbocycles. The second-order valence-corrected chi connectivity index (χ2v) is 4.72. The smallest absolute Gasteiger partial charge is 0.416 e. The van der Waals surface area contributed by atoms with Crippen LogP contribution >= 0.6 is 0 Å². The number of aliphatic carboxylic acids is 1. The fraction of sp³-hybridized carbons (Fsp3) is 0.385. The van der Waals surface area contributed by atoms with Crippen LogP contribution in [-0.2, 0) is 28.4 Å². The van der Waals surface area contributed by atoms with E-state index in [0.717, 1.165) is 6.92 Å². The first kappa shape index (κ1) is 18.8. The van der Waals surface area contributed by atoms with Crippen LogP contribution in [0.2, 0.25) is 0 Å². The van der Waals surface area contributed by atoms with Crippen LogP contribution in [0.25, 0.3) is 0 Å². The third-order valence-electron chi connectivity index (χ3n) is 2.76. The van der Waals surface area contributed by atoms with Crippen molar-refractivity contribution in [3.8, 4) is 0 Å². The minimum atomic E-state index is -5.01. The highest BCUT2D eigenvalue weighted by Gasteiger charge is 2.37. The molecule has 2 N–H and O–H groups in total. The summed E-state index contributed by atoms with van der Waals surface area (Å²) >= 11 is 0. The highest BCUT2D eigenvalue weighted by atomic mass is 19.4. The minimum absolute atomic E-state index is 0.0543. The van der Waals surface area contributed by atoms with Crippen molar-refractivity contribution in [2.75, 3.05) is 0 Å². The van der Waals surface area contributed by atoms with E-state index in [1.54, 1.807) is 0 Å². The lowest BCUT2D eigenvalue weighted by Gasteiger charge is -2.15. The van der Waals surface area contributed by atoms with E-state index in [-0.39, 0.29) is 6.07 Å². The largest absolute Gasteiger partial charge is 0.480 e. The average Bonchev–Trinajstić information content (AvgIpc) is 2.35. The Balaban J connectivity index is 3.11. The van der Waals surface area contributed by atoms with Crippen LogP contribution in [0.15, 0.2) is 18.2 Å². The molecule has 0 spiro atoms. The molecule has 0 heterocycles. The maximum Gasteiger partial charge on any atom is 0.416 e. The molecule has 0 saturated heterocycles. The normalized spacial score (nSPS) is 13.5. The zero-order chi connectivity index (χ0) is 18.0. The molecule has 10 heteroatoms. The maximum atomic E-state index is 12.6. The number of hydrogen-bond donors (Lipinski definition) is 2. The first-order valence-corrected chi connectivity index (χ1v) is 6.11. The first-order valence-electron chi connectivity index (χ1n) is 6.11. The molecule has 0 saturated carbocycles. The number of carbonyl (C=O) groups is 2. The van der Waals surface area contributed by atoms with E-state index in [0.29, 0.717) is 12.1 Å². The summed E-state index contributed by atoms with van der Waals surface area (Å²) < 4.78 is 75.9. The lowest BCUT2D eigenvalue weighted by molar-refractivity contribution is -0.143. The van der Waals surface area contributed by atoms with Gasteiger partial charge in [-0.15, -0.1) is 0 Å². The van der Waals surface area contributed by atoms with E-state index >= 15 is 0 Å². The predicted molar refractivity (Wildman–Crippen MR) is 65.4 cm³/mol. The van der Waals surface area contributed by atoms with E-state index < -0.39 is 53.4 Å². The Bertz CT molecular complexity index is 576. The highest BCUT2D eigenvalue weighted by Crippen LogP contribution is 2.36. The standard InChI is InChI=1S/C13H11F6NO3/c1-6(11(22)23)20-10(21)4-7-2-8(12(14,15)16)5-9(3-7)13(17,18)19/h2-3,5-6H,4H2,1H3,(H,20,21)(H,22,23)/t6-/m0/s1. The minimum Gasteiger partial charge on any atom is -0.480 e. The molecule has 0 fully saturated rings. The highest BCUT2D eigenvalue weighted by molar-refractivity contribution is 5.84.